The summed E-state index contributed by atoms with van der Waals surface area (Å²) < 4.78 is 30.6. The Morgan fingerprint density at radius 2 is 2.16 bits per heavy atom. The lowest BCUT2D eigenvalue weighted by atomic mass is 9.90. The van der Waals surface area contributed by atoms with E-state index in [2.05, 4.69) is 0 Å². The molecule has 1 heterocycles. The average Bonchev–Trinajstić information content (AvgIpc) is 3.39. The molecule has 1 saturated heterocycles. The maximum absolute atomic E-state index is 12.9. The molecule has 4 unspecified atom stereocenters. The van der Waals surface area contributed by atoms with Crippen LogP contribution in [0.25, 0.3) is 0 Å². The van der Waals surface area contributed by atoms with E-state index in [0.29, 0.717) is 0 Å². The van der Waals surface area contributed by atoms with Gasteiger partial charge in [-0.1, -0.05) is 30.7 Å². The van der Waals surface area contributed by atoms with Crippen LogP contribution in [0.3, 0.4) is 0 Å². The summed E-state index contributed by atoms with van der Waals surface area (Å²) in [5, 5.41) is 15.6. The number of hydrogen-bond acceptors (Lipinski definition) is 4. The first-order valence-corrected chi connectivity index (χ1v) is 8.65. The number of amides is 1. The van der Waals surface area contributed by atoms with Crippen molar-refractivity contribution in [2.75, 3.05) is 13.2 Å². The summed E-state index contributed by atoms with van der Waals surface area (Å²) >= 11 is 5.89. The maximum Gasteiger partial charge on any atom is 0.261 e. The summed E-state index contributed by atoms with van der Waals surface area (Å²) in [6, 6.07) is -0.421. The van der Waals surface area contributed by atoms with Crippen LogP contribution < -0.4 is 0 Å². The van der Waals surface area contributed by atoms with E-state index in [9.17, 15) is 13.6 Å². The van der Waals surface area contributed by atoms with Gasteiger partial charge in [0.25, 0.3) is 6.43 Å². The molecule has 138 valence electrons. The second-order valence-electron chi connectivity index (χ2n) is 7.41. The maximum atomic E-state index is 12.9. The quantitative estimate of drug-likeness (QED) is 0.531. The zero-order valence-electron chi connectivity index (χ0n) is 14.4. The van der Waals surface area contributed by atoms with E-state index in [1.54, 1.807) is 24.0 Å². The van der Waals surface area contributed by atoms with Crippen LogP contribution in [0.2, 0.25) is 0 Å². The molecular formula is C17H22ClF2N3O2. The van der Waals surface area contributed by atoms with Crippen molar-refractivity contribution in [1.82, 2.24) is 4.90 Å². The molecule has 2 aliphatic carbocycles. The molecule has 1 saturated carbocycles. The van der Waals surface area contributed by atoms with Gasteiger partial charge in [-0.3, -0.25) is 10.2 Å². The lowest BCUT2D eigenvalue weighted by Crippen LogP contribution is -2.46. The van der Waals surface area contributed by atoms with Gasteiger partial charge in [0.2, 0.25) is 5.91 Å². The van der Waals surface area contributed by atoms with Crippen molar-refractivity contribution >= 4 is 28.9 Å². The first-order valence-electron chi connectivity index (χ1n) is 8.27. The van der Waals surface area contributed by atoms with Crippen LogP contribution in [0.1, 0.15) is 20.8 Å². The zero-order valence-corrected chi connectivity index (χ0v) is 15.1. The first-order chi connectivity index (χ1) is 11.6. The van der Waals surface area contributed by atoms with Gasteiger partial charge >= 0.3 is 0 Å². The first kappa shape index (κ1) is 18.5. The number of carbonyl (C=O) groups is 1. The topological polar surface area (TPSA) is 77.2 Å². The minimum atomic E-state index is -2.59. The van der Waals surface area contributed by atoms with Crippen molar-refractivity contribution in [3.8, 4) is 0 Å². The van der Waals surface area contributed by atoms with Gasteiger partial charge in [0.1, 0.15) is 11.8 Å². The number of likely N-dealkylation sites (tertiary alicyclic amines) is 1. The second-order valence-corrected chi connectivity index (χ2v) is 7.82. The standard InChI is InChI=1S/C17H22ClF2N3O2/c1-9-15(3,25-7-12(19)20)17(9,8-21)10(2)23-6-11(13(18)22)16(4-5-16)14(23)24/h4-5,8-12,21-22H,6-7H2,1-3H3/t9?,10?,11?,15-,17?/m1/s1. The number of alkyl halides is 2. The summed E-state index contributed by atoms with van der Waals surface area (Å²) in [5.41, 5.74) is -2.58. The fourth-order valence-corrected chi connectivity index (χ4v) is 4.95. The Bertz CT molecular complexity index is 664. The Kier molecular flexibility index (Phi) is 4.12. The molecule has 5 atom stereocenters. The Balaban J connectivity index is 1.85. The normalized spacial score (nSPS) is 39.2. The number of carbonyl (C=O) groups excluding carboxylic acids is 1. The molecule has 1 amide bonds. The van der Waals surface area contributed by atoms with Gasteiger partial charge < -0.3 is 15.0 Å². The zero-order chi connectivity index (χ0) is 18.8. The molecule has 0 aromatic carbocycles. The molecule has 8 heteroatoms. The molecule has 5 nitrogen and oxygen atoms in total. The Hall–Kier alpha value is -1.34. The van der Waals surface area contributed by atoms with Crippen molar-refractivity contribution in [3.05, 3.63) is 12.2 Å². The van der Waals surface area contributed by atoms with Gasteiger partial charge in [-0.05, 0) is 13.8 Å². The highest BCUT2D eigenvalue weighted by Crippen LogP contribution is 2.66. The molecule has 1 aliphatic heterocycles. The summed E-state index contributed by atoms with van der Waals surface area (Å²) in [7, 11) is 0. The monoisotopic (exact) mass is 373 g/mol. The molecule has 0 bridgehead atoms. The molecule has 0 aromatic heterocycles. The highest BCUT2D eigenvalue weighted by atomic mass is 35.5. The molecule has 1 spiro atoms. The molecule has 0 radical (unpaired) electrons. The van der Waals surface area contributed by atoms with Gasteiger partial charge in [0, 0.05) is 24.7 Å². The number of ether oxygens (including phenoxy) is 1. The molecule has 2 N–H and O–H groups in total. The third kappa shape index (κ3) is 2.24. The minimum Gasteiger partial charge on any atom is -0.368 e. The second kappa shape index (κ2) is 5.58. The predicted octanol–water partition coefficient (Wildman–Crippen LogP) is 2.93. The number of rotatable bonds is 7. The van der Waals surface area contributed by atoms with E-state index >= 15 is 0 Å². The smallest absolute Gasteiger partial charge is 0.261 e. The van der Waals surface area contributed by atoms with E-state index in [1.807, 2.05) is 13.8 Å². The summed E-state index contributed by atoms with van der Waals surface area (Å²) in [5.74, 6) is -0.752. The van der Waals surface area contributed by atoms with Crippen molar-refractivity contribution < 1.29 is 18.3 Å². The summed E-state index contributed by atoms with van der Waals surface area (Å²) in [6.07, 6.45) is 2.15. The van der Waals surface area contributed by atoms with Crippen LogP contribution in [0, 0.1) is 33.5 Å². The van der Waals surface area contributed by atoms with E-state index in [1.165, 1.54) is 6.21 Å². The Labute approximate surface area is 150 Å². The van der Waals surface area contributed by atoms with E-state index < -0.39 is 41.4 Å². The molecule has 0 aromatic rings. The van der Waals surface area contributed by atoms with Gasteiger partial charge in [0.15, 0.2) is 0 Å². The molecule has 3 rings (SSSR count). The molecule has 2 fully saturated rings. The van der Waals surface area contributed by atoms with Gasteiger partial charge in [-0.25, -0.2) is 8.78 Å². The summed E-state index contributed by atoms with van der Waals surface area (Å²) in [4.78, 5) is 14.5. The van der Waals surface area contributed by atoms with Crippen LogP contribution >= 0.6 is 11.6 Å². The fourth-order valence-electron chi connectivity index (χ4n) is 4.70. The van der Waals surface area contributed by atoms with Crippen LogP contribution in [0.5, 0.6) is 0 Å². The largest absolute Gasteiger partial charge is 0.368 e. The molecular weight excluding hydrogens is 352 g/mol. The third-order valence-corrected chi connectivity index (χ3v) is 6.91. The number of halogens is 3. The number of hydrogen-bond donors (Lipinski definition) is 2. The van der Waals surface area contributed by atoms with Crippen molar-refractivity contribution in [3.63, 3.8) is 0 Å². The highest BCUT2D eigenvalue weighted by molar-refractivity contribution is 6.65. The van der Waals surface area contributed by atoms with Crippen LogP contribution in [-0.4, -0.2) is 53.4 Å². The van der Waals surface area contributed by atoms with Crippen LogP contribution in [0.15, 0.2) is 12.2 Å². The number of nitrogens with zero attached hydrogens (tertiary/aromatic N) is 1. The number of nitrogens with one attached hydrogen (secondary N) is 2. The lowest BCUT2D eigenvalue weighted by molar-refractivity contribution is -0.134. The Morgan fingerprint density at radius 1 is 1.56 bits per heavy atom. The highest BCUT2D eigenvalue weighted by Gasteiger charge is 2.76. The lowest BCUT2D eigenvalue weighted by Gasteiger charge is -2.33. The molecule has 3 aliphatic rings. The Morgan fingerprint density at radius 3 is 2.56 bits per heavy atom. The van der Waals surface area contributed by atoms with Crippen molar-refractivity contribution in [2.45, 2.75) is 38.8 Å². The molecule has 25 heavy (non-hydrogen) atoms. The third-order valence-electron chi connectivity index (χ3n) is 6.64. The SMILES string of the molecule is CC(N1CC(C(=N)Cl)C2(C=C2)C1=O)C1(C=N)C(C)[C@@]1(C)OCC(F)F. The van der Waals surface area contributed by atoms with Crippen molar-refractivity contribution in [1.29, 1.82) is 10.8 Å². The predicted molar refractivity (Wildman–Crippen MR) is 90.6 cm³/mol. The van der Waals surface area contributed by atoms with E-state index in [-0.39, 0.29) is 23.5 Å². The average molecular weight is 374 g/mol. The van der Waals surface area contributed by atoms with Crippen LogP contribution in [-0.2, 0) is 9.53 Å². The summed E-state index contributed by atoms with van der Waals surface area (Å²) in [6.45, 7) is 4.96. The van der Waals surface area contributed by atoms with Gasteiger partial charge in [-0.15, -0.1) is 0 Å². The van der Waals surface area contributed by atoms with Crippen molar-refractivity contribution in [2.24, 2.45) is 22.7 Å². The van der Waals surface area contributed by atoms with Gasteiger partial charge in [-0.2, -0.15) is 0 Å². The van der Waals surface area contributed by atoms with E-state index in [4.69, 9.17) is 27.2 Å². The fraction of sp³-hybridized carbons (Fsp3) is 0.706. The van der Waals surface area contributed by atoms with Gasteiger partial charge in [0.05, 0.1) is 22.3 Å². The minimum absolute atomic E-state index is 0.0717. The van der Waals surface area contributed by atoms with Crippen LogP contribution in [0.4, 0.5) is 8.78 Å². The van der Waals surface area contributed by atoms with E-state index in [0.717, 1.165) is 0 Å².